The van der Waals surface area contributed by atoms with Crippen LogP contribution in [0.2, 0.25) is 0 Å². The van der Waals surface area contributed by atoms with E-state index in [2.05, 4.69) is 24.1 Å². The maximum absolute atomic E-state index is 13.1. The monoisotopic (exact) mass is 332 g/mol. The van der Waals surface area contributed by atoms with E-state index in [-0.39, 0.29) is 23.0 Å². The first kappa shape index (κ1) is 16.4. The van der Waals surface area contributed by atoms with Crippen LogP contribution < -0.4 is 10.1 Å². The maximum Gasteiger partial charge on any atom is 0.229 e. The second-order valence-electron chi connectivity index (χ2n) is 6.63. The third-order valence-corrected chi connectivity index (χ3v) is 4.45. The molecule has 0 aliphatic heterocycles. The van der Waals surface area contributed by atoms with E-state index in [0.717, 1.165) is 25.0 Å². The maximum atomic E-state index is 13.1. The number of ether oxygens (including phenoxy) is 1. The number of aromatic nitrogens is 1. The Bertz CT molecular complexity index is 760. The van der Waals surface area contributed by atoms with Crippen LogP contribution >= 0.6 is 0 Å². The average Bonchev–Trinajstić information content (AvgIpc) is 2.52. The van der Waals surface area contributed by atoms with Crippen molar-refractivity contribution >= 4 is 11.7 Å². The zero-order valence-corrected chi connectivity index (χ0v) is 13.5. The predicted molar refractivity (Wildman–Crippen MR) is 85.8 cm³/mol. The molecule has 1 fully saturated rings. The van der Waals surface area contributed by atoms with Crippen molar-refractivity contribution in [1.29, 1.82) is 0 Å². The van der Waals surface area contributed by atoms with Crippen molar-refractivity contribution in [3.8, 4) is 11.5 Å². The van der Waals surface area contributed by atoms with Gasteiger partial charge < -0.3 is 10.1 Å². The normalized spacial score (nSPS) is 18.6. The van der Waals surface area contributed by atoms with E-state index in [9.17, 15) is 13.6 Å². The molecule has 1 saturated carbocycles. The van der Waals surface area contributed by atoms with Gasteiger partial charge in [0, 0.05) is 12.0 Å². The van der Waals surface area contributed by atoms with Crippen LogP contribution in [-0.4, -0.2) is 10.9 Å². The van der Waals surface area contributed by atoms with Crippen LogP contribution in [0.3, 0.4) is 0 Å². The first-order valence-corrected chi connectivity index (χ1v) is 7.75. The molecule has 0 bridgehead atoms. The van der Waals surface area contributed by atoms with Crippen LogP contribution in [0.5, 0.6) is 11.5 Å². The minimum Gasteiger partial charge on any atom is -0.456 e. The summed E-state index contributed by atoms with van der Waals surface area (Å²) in [6.07, 6.45) is 3.35. The molecule has 4 nitrogen and oxygen atoms in total. The number of carbonyl (C=O) groups excluding carboxylic acids is 1. The van der Waals surface area contributed by atoms with Gasteiger partial charge in [-0.1, -0.05) is 13.8 Å². The van der Waals surface area contributed by atoms with E-state index in [1.807, 2.05) is 0 Å². The van der Waals surface area contributed by atoms with Gasteiger partial charge in [-0.15, -0.1) is 0 Å². The first-order valence-electron chi connectivity index (χ1n) is 7.75. The summed E-state index contributed by atoms with van der Waals surface area (Å²) in [5.41, 5.74) is 0.0276. The number of nitrogens with zero attached hydrogens (tertiary/aromatic N) is 1. The summed E-state index contributed by atoms with van der Waals surface area (Å²) in [5, 5.41) is 2.79. The molecular weight excluding hydrogens is 314 g/mol. The number of nitrogens with one attached hydrogen (secondary N) is 1. The number of pyridine rings is 1. The number of amides is 1. The Hall–Kier alpha value is -2.50. The fourth-order valence-electron chi connectivity index (χ4n) is 2.76. The van der Waals surface area contributed by atoms with E-state index in [4.69, 9.17) is 4.74 Å². The van der Waals surface area contributed by atoms with Gasteiger partial charge in [0.05, 0.1) is 6.20 Å². The lowest BCUT2D eigenvalue weighted by atomic mass is 9.62. The zero-order chi connectivity index (χ0) is 17.3. The van der Waals surface area contributed by atoms with Gasteiger partial charge in [0.25, 0.3) is 0 Å². The van der Waals surface area contributed by atoms with E-state index in [1.165, 1.54) is 12.3 Å². The number of carbonyl (C=O) groups is 1. The molecule has 1 aliphatic rings. The molecule has 1 heterocycles. The molecule has 1 aromatic carbocycles. The second kappa shape index (κ2) is 6.19. The zero-order valence-electron chi connectivity index (χ0n) is 13.5. The molecule has 126 valence electrons. The van der Waals surface area contributed by atoms with Crippen LogP contribution in [0.25, 0.3) is 0 Å². The molecule has 0 spiro atoms. The Balaban J connectivity index is 1.63. The average molecular weight is 332 g/mol. The molecule has 6 heteroatoms. The van der Waals surface area contributed by atoms with Crippen LogP contribution in [-0.2, 0) is 4.79 Å². The Morgan fingerprint density at radius 1 is 1.21 bits per heavy atom. The fraction of sp³-hybridized carbons (Fsp3) is 0.333. The fourth-order valence-corrected chi connectivity index (χ4v) is 2.76. The van der Waals surface area contributed by atoms with Crippen LogP contribution in [0.4, 0.5) is 14.6 Å². The molecule has 3 rings (SSSR count). The number of benzene rings is 1. The van der Waals surface area contributed by atoms with Gasteiger partial charge in [0.15, 0.2) is 11.6 Å². The highest BCUT2D eigenvalue weighted by Crippen LogP contribution is 2.46. The summed E-state index contributed by atoms with van der Waals surface area (Å²) in [6, 6.07) is 6.50. The SMILES string of the molecule is CC1(C)CCC1C(=O)Nc1ccc(Oc2ccc(F)c(F)c2)cn1. The highest BCUT2D eigenvalue weighted by Gasteiger charge is 2.43. The smallest absolute Gasteiger partial charge is 0.229 e. The van der Waals surface area contributed by atoms with Crippen LogP contribution in [0.1, 0.15) is 26.7 Å². The van der Waals surface area contributed by atoms with Gasteiger partial charge in [-0.05, 0) is 42.5 Å². The number of hydrogen-bond acceptors (Lipinski definition) is 3. The molecule has 1 N–H and O–H groups in total. The van der Waals surface area contributed by atoms with Gasteiger partial charge in [0.2, 0.25) is 5.91 Å². The van der Waals surface area contributed by atoms with Crippen LogP contribution in [0.15, 0.2) is 36.5 Å². The van der Waals surface area contributed by atoms with Crippen LogP contribution in [0, 0.1) is 23.0 Å². The van der Waals surface area contributed by atoms with Crippen molar-refractivity contribution in [3.05, 3.63) is 48.2 Å². The molecule has 0 radical (unpaired) electrons. The lowest BCUT2D eigenvalue weighted by Crippen LogP contribution is -2.43. The van der Waals surface area contributed by atoms with Gasteiger partial charge >= 0.3 is 0 Å². The van der Waals surface area contributed by atoms with E-state index >= 15 is 0 Å². The molecular formula is C18H18F2N2O2. The van der Waals surface area contributed by atoms with Crippen molar-refractivity contribution in [1.82, 2.24) is 4.98 Å². The van der Waals surface area contributed by atoms with Crippen molar-refractivity contribution < 1.29 is 18.3 Å². The third-order valence-electron chi connectivity index (χ3n) is 4.45. The Morgan fingerprint density at radius 3 is 2.50 bits per heavy atom. The van der Waals surface area contributed by atoms with Gasteiger partial charge in [0.1, 0.15) is 17.3 Å². The topological polar surface area (TPSA) is 51.2 Å². The molecule has 0 saturated heterocycles. The van der Waals surface area contributed by atoms with E-state index in [1.54, 1.807) is 12.1 Å². The number of rotatable bonds is 4. The minimum atomic E-state index is -0.979. The first-order chi connectivity index (χ1) is 11.3. The lowest BCUT2D eigenvalue weighted by molar-refractivity contribution is -0.128. The Kier molecular flexibility index (Phi) is 4.22. The predicted octanol–water partition coefficient (Wildman–Crippen LogP) is 4.53. The second-order valence-corrected chi connectivity index (χ2v) is 6.63. The van der Waals surface area contributed by atoms with E-state index in [0.29, 0.717) is 11.6 Å². The number of halogens is 2. The summed E-state index contributed by atoms with van der Waals surface area (Å²) in [4.78, 5) is 16.3. The highest BCUT2D eigenvalue weighted by molar-refractivity contribution is 5.92. The molecule has 24 heavy (non-hydrogen) atoms. The molecule has 1 aromatic heterocycles. The van der Waals surface area contributed by atoms with Gasteiger partial charge in [-0.2, -0.15) is 0 Å². The number of hydrogen-bond donors (Lipinski definition) is 1. The summed E-state index contributed by atoms with van der Waals surface area (Å²) >= 11 is 0. The summed E-state index contributed by atoms with van der Waals surface area (Å²) in [5.74, 6) is -0.984. The van der Waals surface area contributed by atoms with Crippen molar-refractivity contribution in [2.75, 3.05) is 5.32 Å². The third kappa shape index (κ3) is 3.37. The molecule has 1 atom stereocenters. The Labute approximate surface area is 138 Å². The van der Waals surface area contributed by atoms with Crippen molar-refractivity contribution in [3.63, 3.8) is 0 Å². The van der Waals surface area contributed by atoms with Gasteiger partial charge in [-0.25, -0.2) is 13.8 Å². The van der Waals surface area contributed by atoms with Gasteiger partial charge in [-0.3, -0.25) is 4.79 Å². The van der Waals surface area contributed by atoms with Crippen molar-refractivity contribution in [2.24, 2.45) is 11.3 Å². The standard InChI is InChI=1S/C18H18F2N2O2/c1-18(2)8-7-13(18)17(23)22-16-6-4-12(10-21-16)24-11-3-5-14(19)15(20)9-11/h3-6,9-10,13H,7-8H2,1-2H3,(H,21,22,23). The molecule has 2 aromatic rings. The van der Waals surface area contributed by atoms with Crippen molar-refractivity contribution in [2.45, 2.75) is 26.7 Å². The number of anilines is 1. The summed E-state index contributed by atoms with van der Waals surface area (Å²) in [7, 11) is 0. The molecule has 1 amide bonds. The molecule has 1 unspecified atom stereocenters. The minimum absolute atomic E-state index is 0.00239. The summed E-state index contributed by atoms with van der Waals surface area (Å²) < 4.78 is 31.4. The quantitative estimate of drug-likeness (QED) is 0.895. The Morgan fingerprint density at radius 2 is 1.96 bits per heavy atom. The van der Waals surface area contributed by atoms with E-state index < -0.39 is 11.6 Å². The highest BCUT2D eigenvalue weighted by atomic mass is 19.2. The summed E-state index contributed by atoms with van der Waals surface area (Å²) in [6.45, 7) is 4.15. The lowest BCUT2D eigenvalue weighted by Gasteiger charge is -2.43. The molecule has 1 aliphatic carbocycles. The largest absolute Gasteiger partial charge is 0.456 e.